The van der Waals surface area contributed by atoms with Gasteiger partial charge in [-0.15, -0.1) is 0 Å². The predicted octanol–water partition coefficient (Wildman–Crippen LogP) is 4.96. The van der Waals surface area contributed by atoms with E-state index in [1.54, 1.807) is 0 Å². The summed E-state index contributed by atoms with van der Waals surface area (Å²) >= 11 is 5.51. The molecule has 1 aliphatic heterocycles. The number of amides is 1. The first-order valence-electron chi connectivity index (χ1n) is 7.88. The lowest BCUT2D eigenvalue weighted by atomic mass is 9.96. The van der Waals surface area contributed by atoms with Gasteiger partial charge in [0.1, 0.15) is 0 Å². The van der Waals surface area contributed by atoms with Gasteiger partial charge in [-0.05, 0) is 44.5 Å². The van der Waals surface area contributed by atoms with Gasteiger partial charge in [-0.2, -0.15) is 26.3 Å². The average Bonchev–Trinajstić information content (AvgIpc) is 2.54. The fourth-order valence-corrected chi connectivity index (χ4v) is 3.08. The number of nitrogens with one attached hydrogen (secondary N) is 1. The summed E-state index contributed by atoms with van der Waals surface area (Å²) in [6, 6.07) is 1.99. The summed E-state index contributed by atoms with van der Waals surface area (Å²) in [6.45, 7) is 1.43. The summed E-state index contributed by atoms with van der Waals surface area (Å²) in [5, 5.41) is 1.80. The molecular formula is C16H17ClF6N2O. The lowest BCUT2D eigenvalue weighted by Gasteiger charge is -2.36. The van der Waals surface area contributed by atoms with E-state index in [9.17, 15) is 31.1 Å². The van der Waals surface area contributed by atoms with Crippen LogP contribution in [0.4, 0.5) is 32.0 Å². The number of halogens is 7. The number of anilines is 1. The molecule has 1 heterocycles. The van der Waals surface area contributed by atoms with Gasteiger partial charge < -0.3 is 5.32 Å². The van der Waals surface area contributed by atoms with Crippen molar-refractivity contribution >= 4 is 23.2 Å². The third-order valence-corrected chi connectivity index (χ3v) is 4.71. The fraction of sp³-hybridized carbons (Fsp3) is 0.562. The van der Waals surface area contributed by atoms with Gasteiger partial charge in [0.25, 0.3) is 0 Å². The molecule has 0 radical (unpaired) electrons. The van der Waals surface area contributed by atoms with Crippen molar-refractivity contribution in [2.45, 2.75) is 38.2 Å². The molecule has 3 nitrogen and oxygen atoms in total. The third-order valence-electron chi connectivity index (χ3n) is 4.38. The maximum atomic E-state index is 12.9. The van der Waals surface area contributed by atoms with Crippen LogP contribution < -0.4 is 5.32 Å². The zero-order valence-electron chi connectivity index (χ0n) is 13.7. The van der Waals surface area contributed by atoms with Crippen LogP contribution >= 0.6 is 11.6 Å². The summed E-state index contributed by atoms with van der Waals surface area (Å²) in [5.74, 6) is -2.19. The number of carbonyl (C=O) groups excluding carboxylic acids is 1. The number of piperidine rings is 1. The molecule has 1 fully saturated rings. The molecule has 0 aromatic heterocycles. The number of benzene rings is 1. The molecule has 10 heteroatoms. The highest BCUT2D eigenvalue weighted by Gasteiger charge is 2.43. The predicted molar refractivity (Wildman–Crippen MR) is 84.9 cm³/mol. The molecule has 146 valence electrons. The summed E-state index contributed by atoms with van der Waals surface area (Å²) in [4.78, 5) is 13.7. The zero-order valence-corrected chi connectivity index (χ0v) is 14.5. The Hall–Kier alpha value is -1.48. The summed E-state index contributed by atoms with van der Waals surface area (Å²) < 4.78 is 77.2. The molecular weight excluding hydrogens is 386 g/mol. The topological polar surface area (TPSA) is 32.3 Å². The minimum Gasteiger partial charge on any atom is -0.325 e. The van der Waals surface area contributed by atoms with Gasteiger partial charge in [-0.25, -0.2) is 0 Å². The van der Waals surface area contributed by atoms with Crippen LogP contribution in [0.15, 0.2) is 18.2 Å². The van der Waals surface area contributed by atoms with Crippen LogP contribution in [0.5, 0.6) is 0 Å². The lowest BCUT2D eigenvalue weighted by Crippen LogP contribution is -2.49. The number of hydrogen-bond acceptors (Lipinski definition) is 2. The molecule has 0 saturated carbocycles. The van der Waals surface area contributed by atoms with Crippen molar-refractivity contribution in [1.82, 2.24) is 4.90 Å². The van der Waals surface area contributed by atoms with Crippen molar-refractivity contribution in [3.05, 3.63) is 28.8 Å². The lowest BCUT2D eigenvalue weighted by molar-refractivity contribution is -0.188. The standard InChI is InChI=1S/C16H17ClF6N2O/c1-9(25-6-2-3-10(8-25)15(18,19)20)14(26)24-11-4-5-13(17)12(7-11)16(21,22)23/h4-5,7,9-10H,2-3,6,8H2,1H3,(H,24,26)/t9-,10-/m1/s1. The normalized spacial score (nSPS) is 20.7. The van der Waals surface area contributed by atoms with E-state index in [1.807, 2.05) is 0 Å². The zero-order chi connectivity index (χ0) is 19.7. The maximum Gasteiger partial charge on any atom is 0.417 e. The fourth-order valence-electron chi connectivity index (χ4n) is 2.86. The van der Waals surface area contributed by atoms with E-state index in [-0.39, 0.29) is 18.7 Å². The van der Waals surface area contributed by atoms with Crippen molar-refractivity contribution in [3.63, 3.8) is 0 Å². The first-order valence-corrected chi connectivity index (χ1v) is 8.25. The van der Waals surface area contributed by atoms with Crippen molar-refractivity contribution in [3.8, 4) is 0 Å². The Morgan fingerprint density at radius 1 is 1.27 bits per heavy atom. The molecule has 1 aromatic rings. The summed E-state index contributed by atoms with van der Waals surface area (Å²) in [6.07, 6.45) is -8.73. The van der Waals surface area contributed by atoms with Crippen molar-refractivity contribution < 1.29 is 31.1 Å². The molecule has 26 heavy (non-hydrogen) atoms. The minimum atomic E-state index is -4.68. The largest absolute Gasteiger partial charge is 0.417 e. The van der Waals surface area contributed by atoms with Crippen LogP contribution in [0.3, 0.4) is 0 Å². The number of carbonyl (C=O) groups is 1. The van der Waals surface area contributed by atoms with E-state index in [0.717, 1.165) is 6.07 Å². The summed E-state index contributed by atoms with van der Waals surface area (Å²) in [7, 11) is 0. The van der Waals surface area contributed by atoms with E-state index < -0.39 is 40.8 Å². The SMILES string of the molecule is C[C@H](C(=O)Nc1ccc(Cl)c(C(F)(F)F)c1)N1CCC[C@@H](C(F)(F)F)C1. The Morgan fingerprint density at radius 2 is 1.92 bits per heavy atom. The van der Waals surface area contributed by atoms with Gasteiger partial charge in [0, 0.05) is 12.2 Å². The van der Waals surface area contributed by atoms with Crippen LogP contribution in [0, 0.1) is 5.92 Å². The number of alkyl halides is 6. The van der Waals surface area contributed by atoms with Crippen molar-refractivity contribution in [1.29, 1.82) is 0 Å². The molecule has 0 aliphatic carbocycles. The molecule has 2 rings (SSSR count). The second-order valence-electron chi connectivity index (χ2n) is 6.23. The molecule has 1 N–H and O–H groups in total. The highest BCUT2D eigenvalue weighted by atomic mass is 35.5. The Bertz CT molecular complexity index is 661. The number of nitrogens with zero attached hydrogens (tertiary/aromatic N) is 1. The van der Waals surface area contributed by atoms with Crippen LogP contribution in [0.2, 0.25) is 5.02 Å². The molecule has 1 saturated heterocycles. The Labute approximate surface area is 151 Å². The highest BCUT2D eigenvalue weighted by molar-refractivity contribution is 6.31. The minimum absolute atomic E-state index is 0.000462. The second kappa shape index (κ2) is 7.64. The average molecular weight is 403 g/mol. The van der Waals surface area contributed by atoms with E-state index in [2.05, 4.69) is 5.32 Å². The Kier molecular flexibility index (Phi) is 6.12. The first kappa shape index (κ1) is 20.8. The van der Waals surface area contributed by atoms with Crippen LogP contribution in [-0.2, 0) is 11.0 Å². The smallest absolute Gasteiger partial charge is 0.325 e. The Balaban J connectivity index is 2.08. The quantitative estimate of drug-likeness (QED) is 0.725. The van der Waals surface area contributed by atoms with Crippen LogP contribution in [0.1, 0.15) is 25.3 Å². The van der Waals surface area contributed by atoms with Crippen LogP contribution in [0.25, 0.3) is 0 Å². The van der Waals surface area contributed by atoms with E-state index >= 15 is 0 Å². The third kappa shape index (κ3) is 5.03. The van der Waals surface area contributed by atoms with Gasteiger partial charge in [0.2, 0.25) is 5.91 Å². The molecule has 2 atom stereocenters. The highest BCUT2D eigenvalue weighted by Crippen LogP contribution is 2.36. The van der Waals surface area contributed by atoms with E-state index in [1.165, 1.54) is 17.9 Å². The van der Waals surface area contributed by atoms with Gasteiger partial charge in [-0.1, -0.05) is 11.6 Å². The van der Waals surface area contributed by atoms with Crippen molar-refractivity contribution in [2.75, 3.05) is 18.4 Å². The Morgan fingerprint density at radius 3 is 2.50 bits per heavy atom. The molecule has 0 bridgehead atoms. The van der Waals surface area contributed by atoms with Gasteiger partial charge in [0.15, 0.2) is 0 Å². The molecule has 1 aliphatic rings. The van der Waals surface area contributed by atoms with Gasteiger partial charge in [-0.3, -0.25) is 9.69 Å². The molecule has 1 amide bonds. The number of rotatable bonds is 3. The van der Waals surface area contributed by atoms with Gasteiger partial charge in [0.05, 0.1) is 22.5 Å². The first-order chi connectivity index (χ1) is 11.9. The van der Waals surface area contributed by atoms with Crippen molar-refractivity contribution in [2.24, 2.45) is 5.92 Å². The van der Waals surface area contributed by atoms with Crippen LogP contribution in [-0.4, -0.2) is 36.1 Å². The molecule has 0 spiro atoms. The van der Waals surface area contributed by atoms with Gasteiger partial charge >= 0.3 is 12.4 Å². The number of hydrogen-bond donors (Lipinski definition) is 1. The maximum absolute atomic E-state index is 12.9. The second-order valence-corrected chi connectivity index (χ2v) is 6.64. The summed E-state index contributed by atoms with van der Waals surface area (Å²) in [5.41, 5.74) is -1.22. The molecule has 0 unspecified atom stereocenters. The molecule has 1 aromatic carbocycles. The van der Waals surface area contributed by atoms with E-state index in [4.69, 9.17) is 11.6 Å². The monoisotopic (exact) mass is 402 g/mol. The number of likely N-dealkylation sites (tertiary alicyclic amines) is 1. The van der Waals surface area contributed by atoms with E-state index in [0.29, 0.717) is 19.0 Å².